The molecule has 8 heterocycles. The predicted octanol–water partition coefficient (Wildman–Crippen LogP) is 11.0. The Morgan fingerprint density at radius 2 is 0.853 bits per heavy atom. The van der Waals surface area contributed by atoms with Crippen molar-refractivity contribution >= 4 is 85.6 Å². The average Bonchev–Trinajstić information content (AvgIpc) is 1.64. The minimum Gasteiger partial charge on any atom is -0.391 e. The Kier molecular flexibility index (Phi) is 20.3. The summed E-state index contributed by atoms with van der Waals surface area (Å²) < 4.78 is 4.73. The van der Waals surface area contributed by atoms with E-state index in [9.17, 15) is 19.5 Å². The van der Waals surface area contributed by atoms with Gasteiger partial charge >= 0.3 is 0 Å². The van der Waals surface area contributed by atoms with E-state index in [1.54, 1.807) is 23.8 Å². The number of fused-ring (bicyclic) bond motifs is 3. The second kappa shape index (κ2) is 29.8. The Morgan fingerprint density at radius 1 is 0.505 bits per heavy atom. The van der Waals surface area contributed by atoms with Gasteiger partial charge in [0.25, 0.3) is 0 Å². The van der Waals surface area contributed by atoms with E-state index < -0.39 is 6.10 Å². The molecular weight excluding hydrogens is 1260 g/mol. The summed E-state index contributed by atoms with van der Waals surface area (Å²) in [5.41, 5.74) is 11.3. The minimum absolute atomic E-state index is 0.00570. The molecule has 14 rings (SSSR count). The number of piperazine rings is 1. The van der Waals surface area contributed by atoms with Crippen LogP contribution in [0.5, 0.6) is 0 Å². The fourth-order valence-corrected chi connectivity index (χ4v) is 12.3. The van der Waals surface area contributed by atoms with Crippen molar-refractivity contribution < 1.29 is 19.5 Å². The number of aliphatic hydroxyl groups excluding tert-OH is 1. The van der Waals surface area contributed by atoms with Gasteiger partial charge in [-0.25, -0.2) is 14.0 Å². The van der Waals surface area contributed by atoms with Crippen LogP contribution in [0.3, 0.4) is 0 Å². The SMILES string of the molecule is C=C1CN(C(=O)Cn2nc(-c3ccccc3)c3c(Cl)c(-c4ccccc4)nnc32)CCN1.CN(C)CCCNC(=O)Cn1nc(-c2ccccc2)c2c(Cl)c(-c3ccccc3)nnc21.O=C(Cn1nc(-c2ccccc2)c2c(Cl)c(-c3ccccc3)nnc21)N1CCC(O)C1. The van der Waals surface area contributed by atoms with E-state index in [2.05, 4.69) is 52.7 Å². The van der Waals surface area contributed by atoms with Crippen molar-refractivity contribution in [2.45, 2.75) is 38.6 Å². The Morgan fingerprint density at radius 3 is 1.19 bits per heavy atom. The lowest BCUT2D eigenvalue weighted by Gasteiger charge is -2.29. The molecule has 2 aliphatic heterocycles. The number of rotatable bonds is 16. The van der Waals surface area contributed by atoms with Gasteiger partial charge in [0.1, 0.15) is 53.8 Å². The lowest BCUT2D eigenvalue weighted by atomic mass is 10.1. The molecule has 2 saturated heterocycles. The molecule has 6 aromatic carbocycles. The standard InChI is InChI=1S/C24H21ClN6O.C24H25ClN6O.C23H20ClN5O2/c1-16-14-30(13-12-26-16)19(32)15-31-24-20(22(29-31)17-8-4-2-5-9-17)21(25)23(27-28-24)18-10-6-3-7-11-18;1-30(2)15-9-14-26-19(32)16-31-24-20(22(29-31)17-10-5-3-6-11-17)21(25)23(27-28-24)18-12-7-4-8-13-18;24-20-19-21(15-7-3-1-4-8-15)27-29(14-18(31)28-12-11-17(30)13-28)23(19)26-25-22(20)16-9-5-2-6-10-16/h2-11,26H,1,12-15H2;3-8,10-13H,9,14-16H2,1-2H3,(H,26,32);1-10,17,30H,11-14H2. The van der Waals surface area contributed by atoms with E-state index in [1.807, 2.05) is 196 Å². The van der Waals surface area contributed by atoms with E-state index in [1.165, 1.54) is 0 Å². The molecule has 0 spiro atoms. The first-order valence-corrected chi connectivity index (χ1v) is 32.1. The van der Waals surface area contributed by atoms with Crippen LogP contribution in [0.2, 0.25) is 15.1 Å². The maximum atomic E-state index is 13.0. The fourth-order valence-electron chi connectivity index (χ4n) is 11.3. The van der Waals surface area contributed by atoms with Gasteiger partial charge in [-0.3, -0.25) is 14.4 Å². The molecule has 6 aromatic heterocycles. The second-order valence-corrected chi connectivity index (χ2v) is 24.2. The normalized spacial score (nSPS) is 13.8. The van der Waals surface area contributed by atoms with Crippen LogP contribution in [0, 0.1) is 0 Å². The highest BCUT2D eigenvalue weighted by atomic mass is 35.5. The number of carbonyl (C=O) groups excluding carboxylic acids is 3. The van der Waals surface area contributed by atoms with Gasteiger partial charge in [-0.15, -0.1) is 30.6 Å². The number of nitrogens with zero attached hydrogens (tertiary/aromatic N) is 15. The molecule has 1 atom stereocenters. The smallest absolute Gasteiger partial charge is 0.244 e. The Hall–Kier alpha value is -10.3. The molecule has 0 saturated carbocycles. The highest BCUT2D eigenvalue weighted by Gasteiger charge is 2.29. The van der Waals surface area contributed by atoms with Gasteiger partial charge < -0.3 is 30.4 Å². The first kappa shape index (κ1) is 64.8. The molecule has 0 bridgehead atoms. The molecule has 0 radical (unpaired) electrons. The number of aliphatic hydroxyl groups is 1. The molecule has 480 valence electrons. The number of carbonyl (C=O) groups is 3. The second-order valence-electron chi connectivity index (χ2n) is 23.0. The summed E-state index contributed by atoms with van der Waals surface area (Å²) in [5, 5.41) is 59.8. The third-order valence-corrected chi connectivity index (χ3v) is 17.2. The summed E-state index contributed by atoms with van der Waals surface area (Å²) >= 11 is 20.6. The van der Waals surface area contributed by atoms with Crippen LogP contribution in [0.15, 0.2) is 194 Å². The average molecular weight is 1330 g/mol. The first-order chi connectivity index (χ1) is 46.3. The van der Waals surface area contributed by atoms with E-state index in [4.69, 9.17) is 50.1 Å². The van der Waals surface area contributed by atoms with E-state index in [-0.39, 0.29) is 37.4 Å². The summed E-state index contributed by atoms with van der Waals surface area (Å²) in [6, 6.07) is 58.2. The van der Waals surface area contributed by atoms with Gasteiger partial charge in [-0.2, -0.15) is 15.3 Å². The molecule has 21 nitrogen and oxygen atoms in total. The topological polar surface area (TPSA) is 236 Å². The van der Waals surface area contributed by atoms with Crippen molar-refractivity contribution in [1.29, 1.82) is 0 Å². The van der Waals surface area contributed by atoms with Gasteiger partial charge in [-0.05, 0) is 33.5 Å². The summed E-state index contributed by atoms with van der Waals surface area (Å²) in [7, 11) is 4.02. The molecule has 24 heteroatoms. The van der Waals surface area contributed by atoms with Crippen molar-refractivity contribution in [3.63, 3.8) is 0 Å². The van der Waals surface area contributed by atoms with Gasteiger partial charge in [0.05, 0.1) is 43.9 Å². The number of nitrogens with one attached hydrogen (secondary N) is 2. The van der Waals surface area contributed by atoms with Gasteiger partial charge in [0.2, 0.25) is 17.7 Å². The van der Waals surface area contributed by atoms with Crippen molar-refractivity contribution in [2.75, 3.05) is 59.9 Å². The number of amides is 3. The predicted molar refractivity (Wildman–Crippen MR) is 371 cm³/mol. The number of likely N-dealkylation sites (tertiary alicyclic amines) is 1. The molecule has 95 heavy (non-hydrogen) atoms. The van der Waals surface area contributed by atoms with E-state index in [0.29, 0.717) is 128 Å². The van der Waals surface area contributed by atoms with Gasteiger partial charge in [0.15, 0.2) is 16.9 Å². The Labute approximate surface area is 562 Å². The lowest BCUT2D eigenvalue weighted by molar-refractivity contribution is -0.132. The van der Waals surface area contributed by atoms with Crippen LogP contribution in [0.4, 0.5) is 0 Å². The zero-order chi connectivity index (χ0) is 66.0. The van der Waals surface area contributed by atoms with Crippen molar-refractivity contribution in [3.8, 4) is 67.5 Å². The van der Waals surface area contributed by atoms with Crippen LogP contribution >= 0.6 is 34.8 Å². The van der Waals surface area contributed by atoms with E-state index >= 15 is 0 Å². The van der Waals surface area contributed by atoms with Gasteiger partial charge in [0, 0.05) is 71.8 Å². The van der Waals surface area contributed by atoms with Crippen LogP contribution in [-0.2, 0) is 34.0 Å². The molecule has 2 aliphatic rings. The highest BCUT2D eigenvalue weighted by molar-refractivity contribution is 6.40. The van der Waals surface area contributed by atoms with Crippen LogP contribution < -0.4 is 10.6 Å². The minimum atomic E-state index is -0.471. The van der Waals surface area contributed by atoms with Gasteiger partial charge in [-0.1, -0.05) is 223 Å². The van der Waals surface area contributed by atoms with E-state index in [0.717, 1.165) is 52.0 Å². The summed E-state index contributed by atoms with van der Waals surface area (Å²) in [5.74, 6) is -0.301. The molecule has 0 aliphatic carbocycles. The van der Waals surface area contributed by atoms with Crippen molar-refractivity contribution in [1.82, 2.24) is 85.3 Å². The Bertz CT molecular complexity index is 4700. The number of halogens is 3. The molecule has 12 aromatic rings. The fraction of sp³-hybridized carbons (Fsp3) is 0.211. The summed E-state index contributed by atoms with van der Waals surface area (Å²) in [6.07, 6.45) is 0.994. The van der Waals surface area contributed by atoms with Crippen molar-refractivity contribution in [2.24, 2.45) is 0 Å². The lowest BCUT2D eigenvalue weighted by Crippen LogP contribution is -2.46. The summed E-state index contributed by atoms with van der Waals surface area (Å²) in [4.78, 5) is 43.8. The maximum absolute atomic E-state index is 13.0. The molecular formula is C71H66Cl3N17O4. The summed E-state index contributed by atoms with van der Waals surface area (Å²) in [6.45, 7) is 8.20. The first-order valence-electron chi connectivity index (χ1n) is 30.9. The largest absolute Gasteiger partial charge is 0.391 e. The molecule has 2 fully saturated rings. The van der Waals surface area contributed by atoms with Crippen molar-refractivity contribution in [3.05, 3.63) is 209 Å². The number of aromatic nitrogens is 12. The number of benzene rings is 6. The quantitative estimate of drug-likeness (QED) is 0.0763. The number of hydrogen-bond donors (Lipinski definition) is 3. The zero-order valence-electron chi connectivity index (χ0n) is 52.1. The molecule has 3 N–H and O–H groups in total. The monoisotopic (exact) mass is 1330 g/mol. The zero-order valence-corrected chi connectivity index (χ0v) is 54.4. The number of hydrogen-bond acceptors (Lipinski definition) is 15. The maximum Gasteiger partial charge on any atom is 0.244 e. The van der Waals surface area contributed by atoms with Crippen LogP contribution in [0.1, 0.15) is 12.8 Å². The Balaban J connectivity index is 0.000000136. The third-order valence-electron chi connectivity index (χ3n) is 16.1. The third kappa shape index (κ3) is 14.7. The van der Waals surface area contributed by atoms with Crippen LogP contribution in [0.25, 0.3) is 101 Å². The number of β-amino-alcohol motifs (C(OH)–C–C–N with tert-alkyl or cyclic N) is 1. The highest BCUT2D eigenvalue weighted by Crippen LogP contribution is 2.40. The molecule has 1 unspecified atom stereocenters. The van der Waals surface area contributed by atoms with Crippen LogP contribution in [-0.4, -0.2) is 163 Å². The molecule has 3 amide bonds.